The number of aromatic amines is 2. The third-order valence-electron chi connectivity index (χ3n) is 10.8. The molecule has 59 heavy (non-hydrogen) atoms. The van der Waals surface area contributed by atoms with Crippen LogP contribution in [-0.2, 0) is 32.2 Å². The summed E-state index contributed by atoms with van der Waals surface area (Å²) in [5.41, 5.74) is 9.01. The molecule has 0 radical (unpaired) electrons. The Bertz CT molecular complexity index is 2030. The topological polar surface area (TPSA) is 178 Å². The van der Waals surface area contributed by atoms with Crippen molar-refractivity contribution in [2.75, 3.05) is 40.9 Å². The van der Waals surface area contributed by atoms with Crippen molar-refractivity contribution in [3.05, 3.63) is 71.6 Å². The smallest absolute Gasteiger partial charge is 0.407 e. The van der Waals surface area contributed by atoms with Gasteiger partial charge in [-0.25, -0.2) is 19.6 Å². The second kappa shape index (κ2) is 20.8. The molecule has 4 amide bonds. The molecule has 4 N–H and O–H groups in total. The van der Waals surface area contributed by atoms with Crippen LogP contribution in [0, 0.1) is 5.92 Å². The summed E-state index contributed by atoms with van der Waals surface area (Å²) >= 11 is 0. The molecule has 0 spiro atoms. The van der Waals surface area contributed by atoms with Crippen LogP contribution in [0.4, 0.5) is 9.59 Å². The largest absolute Gasteiger partial charge is 0.453 e. The molecule has 3 aliphatic rings. The van der Waals surface area contributed by atoms with E-state index in [1.807, 2.05) is 43.0 Å². The molecule has 318 valence electrons. The number of benzene rings is 2. The van der Waals surface area contributed by atoms with Crippen LogP contribution in [0.5, 0.6) is 0 Å². The predicted octanol–water partition coefficient (Wildman–Crippen LogP) is 7.20. The lowest BCUT2D eigenvalue weighted by Crippen LogP contribution is -2.51. The third-order valence-corrected chi connectivity index (χ3v) is 10.8. The number of ether oxygens (including phenoxy) is 2. The number of methoxy groups -OCH3 is 2. The number of hydrogen-bond donors (Lipinski definition) is 4. The first-order valence-electron chi connectivity index (χ1n) is 20.7. The molecule has 15 nitrogen and oxygen atoms in total. The van der Waals surface area contributed by atoms with Gasteiger partial charge >= 0.3 is 12.2 Å². The molecule has 4 aromatic rings. The van der Waals surface area contributed by atoms with Crippen LogP contribution in [0.1, 0.15) is 102 Å². The summed E-state index contributed by atoms with van der Waals surface area (Å²) in [5.74, 6) is 1.38. The van der Waals surface area contributed by atoms with Crippen LogP contribution in [0.15, 0.2) is 48.8 Å². The Hall–Kier alpha value is -5.70. The van der Waals surface area contributed by atoms with E-state index < -0.39 is 12.1 Å². The van der Waals surface area contributed by atoms with E-state index in [9.17, 15) is 19.2 Å². The second-order valence-corrected chi connectivity index (χ2v) is 15.5. The molecule has 2 fully saturated rings. The number of amides is 4. The van der Waals surface area contributed by atoms with Gasteiger partial charge in [0.2, 0.25) is 12.3 Å². The number of nitrogens with zero attached hydrogens (tertiary/aromatic N) is 5. The van der Waals surface area contributed by atoms with E-state index in [2.05, 4.69) is 92.5 Å². The fourth-order valence-electron chi connectivity index (χ4n) is 7.92. The van der Waals surface area contributed by atoms with E-state index in [0.29, 0.717) is 13.1 Å². The van der Waals surface area contributed by atoms with Crippen LogP contribution in [0.3, 0.4) is 0 Å². The minimum absolute atomic E-state index is 0.0119. The summed E-state index contributed by atoms with van der Waals surface area (Å²) in [4.78, 5) is 69.5. The highest BCUT2D eigenvalue weighted by molar-refractivity contribution is 5.86. The number of alkyl carbamates (subject to hydrolysis) is 2. The first kappa shape index (κ1) is 44.4. The fraction of sp³-hybridized carbons (Fsp3) is 0.500. The SMILES string of the molecule is CCC.CCNC(=O)OC.COC(=O)NC(C(=O)N1CCCC1c1ncc(-c2ccc(-c3ccc(-c4cnc(C5CCCN5C=O)[nH]4)c4c3CN(C)C4)cc2)[nH]1)C(C)C. The summed E-state index contributed by atoms with van der Waals surface area (Å²) in [6.45, 7) is 13.6. The summed E-state index contributed by atoms with van der Waals surface area (Å²) < 4.78 is 9.00. The van der Waals surface area contributed by atoms with Crippen LogP contribution in [0.2, 0.25) is 0 Å². The molecule has 15 heteroatoms. The molecule has 7 rings (SSSR count). The van der Waals surface area contributed by atoms with Gasteiger partial charge in [0.05, 0.1) is 50.1 Å². The Morgan fingerprint density at radius 3 is 1.98 bits per heavy atom. The van der Waals surface area contributed by atoms with Crippen LogP contribution < -0.4 is 10.6 Å². The zero-order chi connectivity index (χ0) is 42.6. The Balaban J connectivity index is 0.000000593. The Morgan fingerprint density at radius 2 is 1.37 bits per heavy atom. The van der Waals surface area contributed by atoms with Gasteiger partial charge in [-0.15, -0.1) is 0 Å². The van der Waals surface area contributed by atoms with Crippen molar-refractivity contribution in [2.45, 2.75) is 97.9 Å². The van der Waals surface area contributed by atoms with E-state index in [0.717, 1.165) is 91.5 Å². The van der Waals surface area contributed by atoms with Gasteiger partial charge < -0.3 is 39.9 Å². The van der Waals surface area contributed by atoms with Gasteiger partial charge in [-0.2, -0.15) is 0 Å². The van der Waals surface area contributed by atoms with Crippen molar-refractivity contribution in [3.8, 4) is 33.6 Å². The number of carbonyl (C=O) groups excluding carboxylic acids is 4. The maximum Gasteiger partial charge on any atom is 0.407 e. The molecule has 0 aliphatic carbocycles. The zero-order valence-corrected chi connectivity index (χ0v) is 35.8. The third kappa shape index (κ3) is 10.5. The van der Waals surface area contributed by atoms with Crippen molar-refractivity contribution in [1.82, 2.24) is 45.3 Å². The summed E-state index contributed by atoms with van der Waals surface area (Å²) in [5, 5.41) is 5.14. The normalized spacial score (nSPS) is 17.6. The second-order valence-electron chi connectivity index (χ2n) is 15.5. The number of aromatic nitrogens is 4. The van der Waals surface area contributed by atoms with Crippen molar-refractivity contribution in [3.63, 3.8) is 0 Å². The Labute approximate surface area is 347 Å². The molecule has 0 bridgehead atoms. The number of hydrogen-bond acceptors (Lipinski definition) is 9. The Morgan fingerprint density at radius 1 is 0.814 bits per heavy atom. The minimum atomic E-state index is -0.673. The number of likely N-dealkylation sites (tertiary alicyclic amines) is 2. The molecular formula is C44H61N9O6. The van der Waals surface area contributed by atoms with Gasteiger partial charge in [-0.05, 0) is 73.4 Å². The first-order chi connectivity index (χ1) is 28.5. The average Bonchev–Trinajstić information content (AvgIpc) is 4.09. The van der Waals surface area contributed by atoms with E-state index in [4.69, 9.17) is 9.72 Å². The number of rotatable bonds is 10. The van der Waals surface area contributed by atoms with Crippen LogP contribution in [-0.4, -0.2) is 106 Å². The highest BCUT2D eigenvalue weighted by Gasteiger charge is 2.37. The van der Waals surface area contributed by atoms with Crippen LogP contribution in [0.25, 0.3) is 33.6 Å². The Kier molecular flexibility index (Phi) is 15.7. The van der Waals surface area contributed by atoms with Crippen molar-refractivity contribution < 1.29 is 28.7 Å². The first-order valence-corrected chi connectivity index (χ1v) is 20.7. The summed E-state index contributed by atoms with van der Waals surface area (Å²) in [6, 6.07) is 12.1. The lowest BCUT2D eigenvalue weighted by Gasteiger charge is -2.30. The van der Waals surface area contributed by atoms with Gasteiger partial charge in [-0.1, -0.05) is 70.5 Å². The zero-order valence-electron chi connectivity index (χ0n) is 35.8. The predicted molar refractivity (Wildman–Crippen MR) is 227 cm³/mol. The molecule has 3 atom stereocenters. The molecule has 3 unspecified atom stereocenters. The minimum Gasteiger partial charge on any atom is -0.453 e. The van der Waals surface area contributed by atoms with Crippen molar-refractivity contribution >= 4 is 24.5 Å². The highest BCUT2D eigenvalue weighted by atomic mass is 16.5. The van der Waals surface area contributed by atoms with Gasteiger partial charge in [0.1, 0.15) is 17.7 Å². The number of nitrogens with one attached hydrogen (secondary N) is 4. The van der Waals surface area contributed by atoms with Crippen molar-refractivity contribution in [2.24, 2.45) is 5.92 Å². The number of H-pyrrole nitrogens is 2. The maximum atomic E-state index is 13.5. The molecule has 2 aromatic heterocycles. The van der Waals surface area contributed by atoms with Gasteiger partial charge in [0, 0.05) is 38.3 Å². The maximum absolute atomic E-state index is 13.5. The molecule has 0 saturated carbocycles. The molecule has 2 saturated heterocycles. The highest BCUT2D eigenvalue weighted by Crippen LogP contribution is 2.40. The fourth-order valence-corrected chi connectivity index (χ4v) is 7.92. The van der Waals surface area contributed by atoms with Crippen molar-refractivity contribution in [1.29, 1.82) is 0 Å². The van der Waals surface area contributed by atoms with Gasteiger partial charge in [0.15, 0.2) is 0 Å². The molecule has 5 heterocycles. The lowest BCUT2D eigenvalue weighted by atomic mass is 9.92. The van der Waals surface area contributed by atoms with Crippen LogP contribution >= 0.6 is 0 Å². The molecular weight excluding hydrogens is 751 g/mol. The van der Waals surface area contributed by atoms with Gasteiger partial charge in [0.25, 0.3) is 0 Å². The van der Waals surface area contributed by atoms with Gasteiger partial charge in [-0.3, -0.25) is 14.5 Å². The number of fused-ring (bicyclic) bond motifs is 1. The summed E-state index contributed by atoms with van der Waals surface area (Å²) in [7, 11) is 4.78. The average molecular weight is 812 g/mol. The monoisotopic (exact) mass is 811 g/mol. The van der Waals surface area contributed by atoms with E-state index in [1.54, 1.807) is 0 Å². The quantitative estimate of drug-likeness (QED) is 0.121. The molecule has 3 aliphatic heterocycles. The molecule has 2 aromatic carbocycles. The number of carbonyl (C=O) groups is 4. The van der Waals surface area contributed by atoms with E-state index in [-0.39, 0.29) is 30.0 Å². The number of imidazole rings is 2. The summed E-state index contributed by atoms with van der Waals surface area (Å²) in [6.07, 6.45) is 8.51. The van der Waals surface area contributed by atoms with E-state index in [1.165, 1.54) is 37.3 Å². The van der Waals surface area contributed by atoms with E-state index >= 15 is 0 Å². The standard InChI is InChI=1S/C37H44N8O4.C4H9NO2.C3H8/c1-22(2)33(42-37(48)49-4)36(47)45-16-6-8-32(45)35-38-17-29(40-35)24-11-9-23(10-12-24)25-13-14-26(28-20-43(3)19-27(25)28)30-18-39-34(41-30)31-7-5-15-44(31)21-46;1-3-5-4(6)7-2;1-3-2/h9-14,17-18,21-22,31-33H,5-8,15-16,19-20H2,1-4H3,(H,38,40)(H,39,41)(H,42,48);3H2,1-2H3,(H,5,6);3H2,1-2H3. The lowest BCUT2D eigenvalue weighted by molar-refractivity contribution is -0.135.